The molecule has 0 radical (unpaired) electrons. The number of hydrogen-bond acceptors (Lipinski definition) is 4. The molecule has 0 bridgehead atoms. The lowest BCUT2D eigenvalue weighted by molar-refractivity contribution is 1.70. The zero-order chi connectivity index (χ0) is 26.2. The molecule has 9 rings (SSSR count). The minimum absolute atomic E-state index is 1.28. The molecule has 0 saturated heterocycles. The Hall–Kier alpha value is -3.80. The summed E-state index contributed by atoms with van der Waals surface area (Å²) in [4.78, 5) is 8.12. The number of benzene rings is 5. The maximum Gasteiger partial charge on any atom is 0.0534 e. The summed E-state index contributed by atoms with van der Waals surface area (Å²) in [6, 6.07) is 44.5. The van der Waals surface area contributed by atoms with Gasteiger partial charge in [0.1, 0.15) is 0 Å². The molecule has 0 saturated carbocycles. The predicted octanol–water partition coefficient (Wildman–Crippen LogP) is 12.7. The van der Waals surface area contributed by atoms with E-state index in [4.69, 9.17) is 0 Å². The molecule has 4 heterocycles. The second-order valence-electron chi connectivity index (χ2n) is 10.0. The number of fused-ring (bicyclic) bond motifs is 2. The molecule has 0 aliphatic rings. The molecule has 0 aliphatic carbocycles. The first-order chi connectivity index (χ1) is 19.8. The van der Waals surface area contributed by atoms with Crippen LogP contribution < -0.4 is 0 Å². The zero-order valence-electron chi connectivity index (χ0n) is 21.2. The van der Waals surface area contributed by atoms with Gasteiger partial charge in [-0.15, -0.1) is 45.3 Å². The van der Waals surface area contributed by atoms with Crippen LogP contribution in [0.1, 0.15) is 0 Å². The monoisotopic (exact) mass is 580 g/mol. The van der Waals surface area contributed by atoms with Crippen LogP contribution in [0.25, 0.3) is 82.1 Å². The van der Waals surface area contributed by atoms with Crippen LogP contribution >= 0.6 is 45.3 Å². The summed E-state index contributed by atoms with van der Waals surface area (Å²) in [6.45, 7) is 0. The fourth-order valence-electron chi connectivity index (χ4n) is 6.01. The van der Waals surface area contributed by atoms with E-state index in [9.17, 15) is 0 Å². The van der Waals surface area contributed by atoms with Gasteiger partial charge in [0.05, 0.1) is 9.75 Å². The fourth-order valence-corrected chi connectivity index (χ4v) is 10.8. The van der Waals surface area contributed by atoms with Gasteiger partial charge < -0.3 is 0 Å². The molecule has 4 heteroatoms. The molecule has 9 aromatic rings. The minimum atomic E-state index is 1.28. The van der Waals surface area contributed by atoms with Gasteiger partial charge in [-0.3, -0.25) is 0 Å². The zero-order valence-corrected chi connectivity index (χ0v) is 24.4. The third-order valence-corrected chi connectivity index (χ3v) is 12.7. The van der Waals surface area contributed by atoms with E-state index in [1.807, 2.05) is 45.3 Å². The Morgan fingerprint density at radius 1 is 0.300 bits per heavy atom. The maximum atomic E-state index is 2.35. The highest BCUT2D eigenvalue weighted by molar-refractivity contribution is 7.29. The van der Waals surface area contributed by atoms with Crippen LogP contribution in [0.3, 0.4) is 0 Å². The van der Waals surface area contributed by atoms with Crippen LogP contribution in [0, 0.1) is 0 Å². The van der Waals surface area contributed by atoms with Gasteiger partial charge in [-0.2, -0.15) is 0 Å². The summed E-state index contributed by atoms with van der Waals surface area (Å²) < 4.78 is 2.74. The van der Waals surface area contributed by atoms with E-state index < -0.39 is 0 Å². The molecule has 188 valence electrons. The first-order valence-corrected chi connectivity index (χ1v) is 16.5. The molecule has 5 aromatic carbocycles. The average Bonchev–Trinajstić information content (AvgIpc) is 3.81. The van der Waals surface area contributed by atoms with Crippen LogP contribution in [0.4, 0.5) is 0 Å². The first kappa shape index (κ1) is 23.0. The Kier molecular flexibility index (Phi) is 5.08. The van der Waals surface area contributed by atoms with Crippen molar-refractivity contribution >= 4 is 87.1 Å². The van der Waals surface area contributed by atoms with Gasteiger partial charge in [-0.1, -0.05) is 84.9 Å². The maximum absolute atomic E-state index is 2.35. The summed E-state index contributed by atoms with van der Waals surface area (Å²) in [5, 5.41) is 8.41. The molecule has 4 aromatic heterocycles. The molecular weight excluding hydrogens is 561 g/mol. The molecule has 0 unspecified atom stereocenters. The van der Waals surface area contributed by atoms with E-state index in [0.717, 1.165) is 0 Å². The third-order valence-electron chi connectivity index (χ3n) is 7.75. The van der Waals surface area contributed by atoms with Crippen LogP contribution in [0.5, 0.6) is 0 Å². The smallest absolute Gasteiger partial charge is 0.0534 e. The molecular formula is C36H20S4. The second-order valence-corrected chi connectivity index (χ2v) is 14.3. The standard InChI is InChI=1S/C36H20S4/c1-3-9-21(10-4-1)25-17-19-29(37-25)35-33-23-13-7-16-28-32(23)34(24-14-8-15-27(39-35)31(24)33)36(40-28)30-20-18-26(38-30)22-11-5-2-6-12-22/h1-20H. The third kappa shape index (κ3) is 3.34. The Morgan fingerprint density at radius 3 is 1.18 bits per heavy atom. The lowest BCUT2D eigenvalue weighted by Gasteiger charge is -2.08. The number of hydrogen-bond donors (Lipinski definition) is 0. The Morgan fingerprint density at radius 2 is 0.725 bits per heavy atom. The lowest BCUT2D eigenvalue weighted by atomic mass is 9.94. The average molecular weight is 581 g/mol. The topological polar surface area (TPSA) is 0 Å². The highest BCUT2D eigenvalue weighted by Gasteiger charge is 2.24. The van der Waals surface area contributed by atoms with Gasteiger partial charge in [0.2, 0.25) is 0 Å². The Balaban J connectivity index is 1.32. The van der Waals surface area contributed by atoms with Crippen molar-refractivity contribution in [3.63, 3.8) is 0 Å². The minimum Gasteiger partial charge on any atom is -0.134 e. The van der Waals surface area contributed by atoms with Gasteiger partial charge in [0, 0.05) is 50.5 Å². The highest BCUT2D eigenvalue weighted by Crippen LogP contribution is 2.54. The molecule has 40 heavy (non-hydrogen) atoms. The SMILES string of the molecule is c1ccc(-c2ccc(-c3sc4cccc5c6c(-c7ccc(-c8ccccc8)s7)sc7cccc(c3c45)c76)s2)cc1. The van der Waals surface area contributed by atoms with E-state index in [1.54, 1.807) is 0 Å². The van der Waals surface area contributed by atoms with Gasteiger partial charge in [-0.25, -0.2) is 0 Å². The van der Waals surface area contributed by atoms with Crippen molar-refractivity contribution in [1.29, 1.82) is 0 Å². The van der Waals surface area contributed by atoms with E-state index in [-0.39, 0.29) is 0 Å². The molecule has 0 spiro atoms. The van der Waals surface area contributed by atoms with Crippen molar-refractivity contribution in [2.75, 3.05) is 0 Å². The van der Waals surface area contributed by atoms with Crippen molar-refractivity contribution in [3.05, 3.63) is 121 Å². The van der Waals surface area contributed by atoms with Gasteiger partial charge in [-0.05, 0) is 58.3 Å². The van der Waals surface area contributed by atoms with Crippen molar-refractivity contribution in [2.45, 2.75) is 0 Å². The summed E-state index contributed by atoms with van der Waals surface area (Å²) in [7, 11) is 0. The molecule has 0 fully saturated rings. The highest BCUT2D eigenvalue weighted by atomic mass is 32.1. The number of rotatable bonds is 4. The van der Waals surface area contributed by atoms with Crippen LogP contribution in [-0.2, 0) is 0 Å². The normalized spacial score (nSPS) is 12.0. The Labute approximate surface area is 247 Å². The van der Waals surface area contributed by atoms with Crippen LogP contribution in [-0.4, -0.2) is 0 Å². The van der Waals surface area contributed by atoms with Crippen LogP contribution in [0.2, 0.25) is 0 Å². The predicted molar refractivity (Wildman–Crippen MR) is 181 cm³/mol. The molecule has 0 atom stereocenters. The first-order valence-electron chi connectivity index (χ1n) is 13.3. The van der Waals surface area contributed by atoms with Crippen molar-refractivity contribution in [2.24, 2.45) is 0 Å². The Bertz CT molecular complexity index is 2140. The molecule has 0 N–H and O–H groups in total. The van der Waals surface area contributed by atoms with Gasteiger partial charge in [0.25, 0.3) is 0 Å². The van der Waals surface area contributed by atoms with E-state index >= 15 is 0 Å². The van der Waals surface area contributed by atoms with Crippen molar-refractivity contribution in [1.82, 2.24) is 0 Å². The second kappa shape index (κ2) is 8.85. The lowest BCUT2D eigenvalue weighted by Crippen LogP contribution is -1.81. The van der Waals surface area contributed by atoms with Gasteiger partial charge >= 0.3 is 0 Å². The molecule has 0 aliphatic heterocycles. The van der Waals surface area contributed by atoms with E-state index in [2.05, 4.69) is 121 Å². The fraction of sp³-hybridized carbons (Fsp3) is 0. The molecule has 0 amide bonds. The summed E-state index contributed by atoms with van der Waals surface area (Å²) in [5.74, 6) is 0. The molecule has 0 nitrogen and oxygen atoms in total. The van der Waals surface area contributed by atoms with Gasteiger partial charge in [0.15, 0.2) is 0 Å². The summed E-state index contributed by atoms with van der Waals surface area (Å²) >= 11 is 7.69. The number of thiophene rings is 4. The summed E-state index contributed by atoms with van der Waals surface area (Å²) in [5.41, 5.74) is 2.57. The van der Waals surface area contributed by atoms with Crippen molar-refractivity contribution < 1.29 is 0 Å². The van der Waals surface area contributed by atoms with E-state index in [1.165, 1.54) is 82.1 Å². The quantitative estimate of drug-likeness (QED) is 0.182. The van der Waals surface area contributed by atoms with E-state index in [0.29, 0.717) is 0 Å². The van der Waals surface area contributed by atoms with Crippen LogP contribution in [0.15, 0.2) is 121 Å². The van der Waals surface area contributed by atoms with Crippen molar-refractivity contribution in [3.8, 4) is 40.4 Å². The summed E-state index contributed by atoms with van der Waals surface area (Å²) in [6.07, 6.45) is 0. The largest absolute Gasteiger partial charge is 0.134 e.